The first-order chi connectivity index (χ1) is 12.5. The zero-order valence-corrected chi connectivity index (χ0v) is 15.7. The number of benzene rings is 1. The fraction of sp³-hybridized carbons (Fsp3) is 0.389. The summed E-state index contributed by atoms with van der Waals surface area (Å²) in [5.74, 6) is -0.328. The summed E-state index contributed by atoms with van der Waals surface area (Å²) >= 11 is 1.46. The van der Waals surface area contributed by atoms with Crippen molar-refractivity contribution in [1.29, 1.82) is 0 Å². The zero-order valence-electron chi connectivity index (χ0n) is 14.9. The van der Waals surface area contributed by atoms with Crippen molar-refractivity contribution in [3.8, 4) is 0 Å². The standard InChI is InChI=1S/C18H21N3O4S/c1-11-8-15(20-17-19-13(10-26-17)9-25-12(2)22)14-6-4-5-7-16(14)21(11)18(23)24-3/h4-7,10-11,15H,8-9H2,1-3H3,(H,19,20)/t11-,15+/m1/s1. The van der Waals surface area contributed by atoms with Gasteiger partial charge in [-0.15, -0.1) is 11.3 Å². The fourth-order valence-electron chi connectivity index (χ4n) is 3.09. The highest BCUT2D eigenvalue weighted by molar-refractivity contribution is 7.13. The van der Waals surface area contributed by atoms with Gasteiger partial charge in [0.25, 0.3) is 0 Å². The van der Waals surface area contributed by atoms with Gasteiger partial charge < -0.3 is 14.8 Å². The molecule has 2 atom stereocenters. The number of hydrogen-bond acceptors (Lipinski definition) is 7. The third kappa shape index (κ3) is 3.80. The van der Waals surface area contributed by atoms with Crippen LogP contribution >= 0.6 is 11.3 Å². The van der Waals surface area contributed by atoms with Gasteiger partial charge in [-0.05, 0) is 25.0 Å². The lowest BCUT2D eigenvalue weighted by Gasteiger charge is -2.38. The van der Waals surface area contributed by atoms with Crippen molar-refractivity contribution in [2.45, 2.75) is 39.0 Å². The molecule has 1 aliphatic heterocycles. The number of carbonyl (C=O) groups is 2. The van der Waals surface area contributed by atoms with Gasteiger partial charge in [0.2, 0.25) is 0 Å². The topological polar surface area (TPSA) is 80.8 Å². The van der Waals surface area contributed by atoms with Crippen molar-refractivity contribution in [3.05, 3.63) is 40.9 Å². The normalized spacial score (nSPS) is 18.8. The number of carbonyl (C=O) groups excluding carboxylic acids is 2. The number of rotatable bonds is 4. The summed E-state index contributed by atoms with van der Waals surface area (Å²) in [6.07, 6.45) is 0.367. The summed E-state index contributed by atoms with van der Waals surface area (Å²) in [7, 11) is 1.39. The Morgan fingerprint density at radius 2 is 2.15 bits per heavy atom. The summed E-state index contributed by atoms with van der Waals surface area (Å²) in [5, 5.41) is 6.06. The molecule has 2 heterocycles. The minimum absolute atomic E-state index is 0.0182. The van der Waals surface area contributed by atoms with E-state index in [9.17, 15) is 9.59 Å². The van der Waals surface area contributed by atoms with Crippen LogP contribution in [0.4, 0.5) is 15.6 Å². The maximum atomic E-state index is 12.2. The monoisotopic (exact) mass is 375 g/mol. The van der Waals surface area contributed by atoms with Gasteiger partial charge in [-0.25, -0.2) is 9.78 Å². The number of esters is 1. The average Bonchev–Trinajstić information content (AvgIpc) is 3.07. The molecule has 1 N–H and O–H groups in total. The van der Waals surface area contributed by atoms with Crippen molar-refractivity contribution in [1.82, 2.24) is 4.98 Å². The molecule has 2 aromatic rings. The van der Waals surface area contributed by atoms with Crippen LogP contribution in [0, 0.1) is 0 Å². The molecular formula is C18H21N3O4S. The maximum absolute atomic E-state index is 12.2. The lowest BCUT2D eigenvalue weighted by molar-refractivity contribution is -0.142. The van der Waals surface area contributed by atoms with Crippen molar-refractivity contribution in [3.63, 3.8) is 0 Å². The van der Waals surface area contributed by atoms with Crippen molar-refractivity contribution >= 4 is 34.2 Å². The van der Waals surface area contributed by atoms with E-state index in [1.54, 1.807) is 4.90 Å². The van der Waals surface area contributed by atoms with E-state index in [1.165, 1.54) is 25.4 Å². The molecule has 1 aromatic heterocycles. The van der Waals surface area contributed by atoms with Gasteiger partial charge in [-0.2, -0.15) is 0 Å². The van der Waals surface area contributed by atoms with E-state index < -0.39 is 0 Å². The van der Waals surface area contributed by atoms with Crippen LogP contribution in [0.3, 0.4) is 0 Å². The Morgan fingerprint density at radius 3 is 2.88 bits per heavy atom. The molecule has 26 heavy (non-hydrogen) atoms. The molecule has 3 rings (SSSR count). The molecule has 0 spiro atoms. The molecule has 0 saturated carbocycles. The second-order valence-electron chi connectivity index (χ2n) is 6.10. The van der Waals surface area contributed by atoms with Crippen molar-refractivity contribution in [2.24, 2.45) is 0 Å². The minimum atomic E-state index is -0.360. The summed E-state index contributed by atoms with van der Waals surface area (Å²) in [6.45, 7) is 3.54. The minimum Gasteiger partial charge on any atom is -0.459 e. The Labute approximate surface area is 155 Å². The predicted octanol–water partition coefficient (Wildman–Crippen LogP) is 3.72. The number of amides is 1. The number of methoxy groups -OCH3 is 1. The molecule has 0 bridgehead atoms. The van der Waals surface area contributed by atoms with Crippen LogP contribution < -0.4 is 10.2 Å². The van der Waals surface area contributed by atoms with Crippen LogP contribution in [0.1, 0.15) is 37.6 Å². The second-order valence-corrected chi connectivity index (χ2v) is 6.96. The van der Waals surface area contributed by atoms with E-state index in [4.69, 9.17) is 9.47 Å². The number of nitrogens with zero attached hydrogens (tertiary/aromatic N) is 2. The highest BCUT2D eigenvalue weighted by Gasteiger charge is 2.34. The molecule has 0 radical (unpaired) electrons. The summed E-state index contributed by atoms with van der Waals surface area (Å²) in [4.78, 5) is 29.2. The quantitative estimate of drug-likeness (QED) is 0.820. The Bertz CT molecular complexity index is 807. The molecule has 1 amide bonds. The van der Waals surface area contributed by atoms with Gasteiger partial charge in [0.15, 0.2) is 5.13 Å². The number of para-hydroxylation sites is 1. The van der Waals surface area contributed by atoms with Gasteiger partial charge >= 0.3 is 12.1 Å². The highest BCUT2D eigenvalue weighted by atomic mass is 32.1. The highest BCUT2D eigenvalue weighted by Crippen LogP contribution is 2.39. The van der Waals surface area contributed by atoms with Crippen LogP contribution in [0.2, 0.25) is 0 Å². The molecule has 8 heteroatoms. The Balaban J connectivity index is 1.80. The second kappa shape index (κ2) is 7.74. The lowest BCUT2D eigenvalue weighted by atomic mass is 9.92. The van der Waals surface area contributed by atoms with E-state index in [0.29, 0.717) is 5.69 Å². The third-order valence-electron chi connectivity index (χ3n) is 4.23. The molecule has 0 saturated heterocycles. The zero-order chi connectivity index (χ0) is 18.7. The number of nitrogens with one attached hydrogen (secondary N) is 1. The Hall–Kier alpha value is -2.61. The van der Waals surface area contributed by atoms with Crippen LogP contribution in [0.5, 0.6) is 0 Å². The van der Waals surface area contributed by atoms with E-state index in [2.05, 4.69) is 10.3 Å². The SMILES string of the molecule is COC(=O)N1c2ccccc2[C@@H](Nc2nc(COC(C)=O)cs2)C[C@H]1C. The first-order valence-corrected chi connectivity index (χ1v) is 9.18. The average molecular weight is 375 g/mol. The van der Waals surface area contributed by atoms with Gasteiger partial charge in [-0.1, -0.05) is 18.2 Å². The van der Waals surface area contributed by atoms with Crippen molar-refractivity contribution in [2.75, 3.05) is 17.3 Å². The molecule has 1 aliphatic rings. The number of aromatic nitrogens is 1. The molecule has 0 unspecified atom stereocenters. The number of hydrogen-bond donors (Lipinski definition) is 1. The van der Waals surface area contributed by atoms with Crippen LogP contribution in [-0.2, 0) is 20.9 Å². The first kappa shape index (κ1) is 18.2. The maximum Gasteiger partial charge on any atom is 0.414 e. The molecule has 1 aromatic carbocycles. The number of anilines is 2. The Morgan fingerprint density at radius 1 is 1.38 bits per heavy atom. The number of fused-ring (bicyclic) bond motifs is 1. The molecule has 138 valence electrons. The molecule has 0 fully saturated rings. The van der Waals surface area contributed by atoms with Crippen LogP contribution in [-0.4, -0.2) is 30.2 Å². The first-order valence-electron chi connectivity index (χ1n) is 8.30. The van der Waals surface area contributed by atoms with Gasteiger partial charge in [0, 0.05) is 18.3 Å². The smallest absolute Gasteiger partial charge is 0.414 e. The summed E-state index contributed by atoms with van der Waals surface area (Å²) in [6, 6.07) is 7.79. The van der Waals surface area contributed by atoms with E-state index in [-0.39, 0.29) is 30.8 Å². The summed E-state index contributed by atoms with van der Waals surface area (Å²) < 4.78 is 9.91. The molecule has 7 nitrogen and oxygen atoms in total. The van der Waals surface area contributed by atoms with E-state index in [0.717, 1.165) is 22.8 Å². The van der Waals surface area contributed by atoms with Crippen LogP contribution in [0.15, 0.2) is 29.6 Å². The van der Waals surface area contributed by atoms with Crippen molar-refractivity contribution < 1.29 is 19.1 Å². The predicted molar refractivity (Wildman–Crippen MR) is 99.4 cm³/mol. The van der Waals surface area contributed by atoms with Gasteiger partial charge in [0.05, 0.1) is 24.5 Å². The largest absolute Gasteiger partial charge is 0.459 e. The summed E-state index contributed by atoms with van der Waals surface area (Å²) in [5.41, 5.74) is 2.57. The Kier molecular flexibility index (Phi) is 5.41. The number of ether oxygens (including phenoxy) is 2. The molecular weight excluding hydrogens is 354 g/mol. The fourth-order valence-corrected chi connectivity index (χ4v) is 3.84. The lowest BCUT2D eigenvalue weighted by Crippen LogP contribution is -2.44. The number of thiazole rings is 1. The van der Waals surface area contributed by atoms with Crippen LogP contribution in [0.25, 0.3) is 0 Å². The van der Waals surface area contributed by atoms with Gasteiger partial charge in [0.1, 0.15) is 6.61 Å². The molecule has 0 aliphatic carbocycles. The third-order valence-corrected chi connectivity index (χ3v) is 5.06. The van der Waals surface area contributed by atoms with Gasteiger partial charge in [-0.3, -0.25) is 9.69 Å². The van der Waals surface area contributed by atoms with E-state index >= 15 is 0 Å². The van der Waals surface area contributed by atoms with E-state index in [1.807, 2.05) is 36.6 Å².